The van der Waals surface area contributed by atoms with Gasteiger partial charge in [-0.1, -0.05) is 31.0 Å². The van der Waals surface area contributed by atoms with Crippen molar-refractivity contribution in [2.24, 2.45) is 0 Å². The summed E-state index contributed by atoms with van der Waals surface area (Å²) in [5, 5.41) is 7.46. The molecule has 1 aliphatic carbocycles. The van der Waals surface area contributed by atoms with Crippen molar-refractivity contribution in [1.29, 1.82) is 0 Å². The molecule has 4 rings (SSSR count). The molecule has 1 saturated carbocycles. The Morgan fingerprint density at radius 1 is 1.16 bits per heavy atom. The number of carbonyl (C=O) groups is 1. The van der Waals surface area contributed by atoms with Crippen LogP contribution >= 0.6 is 0 Å². The summed E-state index contributed by atoms with van der Waals surface area (Å²) in [5.41, 5.74) is 3.06. The predicted octanol–water partition coefficient (Wildman–Crippen LogP) is 4.10. The van der Waals surface area contributed by atoms with E-state index in [1.165, 1.54) is 25.7 Å². The molecule has 2 aromatic heterocycles. The van der Waals surface area contributed by atoms with Gasteiger partial charge in [0.25, 0.3) is 0 Å². The van der Waals surface area contributed by atoms with Gasteiger partial charge in [0.1, 0.15) is 5.82 Å². The second-order valence-corrected chi connectivity index (χ2v) is 6.64. The molecule has 1 aliphatic rings. The Balaban J connectivity index is 1.37. The van der Waals surface area contributed by atoms with E-state index >= 15 is 0 Å². The van der Waals surface area contributed by atoms with Gasteiger partial charge in [-0.05, 0) is 36.6 Å². The number of fused-ring (bicyclic) bond motifs is 1. The van der Waals surface area contributed by atoms with Gasteiger partial charge in [-0.2, -0.15) is 0 Å². The summed E-state index contributed by atoms with van der Waals surface area (Å²) < 4.78 is 0. The van der Waals surface area contributed by atoms with Crippen molar-refractivity contribution in [3.05, 3.63) is 54.4 Å². The highest BCUT2D eigenvalue weighted by Gasteiger charge is 2.14. The van der Waals surface area contributed by atoms with Crippen molar-refractivity contribution in [2.45, 2.75) is 38.1 Å². The van der Waals surface area contributed by atoms with Crippen LogP contribution in [0.15, 0.2) is 48.8 Å². The zero-order valence-corrected chi connectivity index (χ0v) is 14.1. The molecule has 2 heterocycles. The fourth-order valence-electron chi connectivity index (χ4n) is 3.50. The molecule has 3 N–H and O–H groups in total. The molecule has 0 bridgehead atoms. The lowest BCUT2D eigenvalue weighted by molar-refractivity contribution is -0.115. The van der Waals surface area contributed by atoms with Crippen LogP contribution in [-0.4, -0.2) is 21.9 Å². The molecule has 0 unspecified atom stereocenters. The summed E-state index contributed by atoms with van der Waals surface area (Å²) in [6.45, 7) is 0. The fourth-order valence-corrected chi connectivity index (χ4v) is 3.50. The average Bonchev–Trinajstić information content (AvgIpc) is 3.27. The monoisotopic (exact) mass is 334 g/mol. The van der Waals surface area contributed by atoms with E-state index in [1.807, 2.05) is 42.6 Å². The zero-order chi connectivity index (χ0) is 17.1. The first kappa shape index (κ1) is 15.7. The lowest BCUT2D eigenvalue weighted by Crippen LogP contribution is -2.16. The van der Waals surface area contributed by atoms with Gasteiger partial charge < -0.3 is 15.6 Å². The summed E-state index contributed by atoms with van der Waals surface area (Å²) in [4.78, 5) is 19.9. The summed E-state index contributed by atoms with van der Waals surface area (Å²) >= 11 is 0. The first-order valence-corrected chi connectivity index (χ1v) is 8.85. The molecule has 0 atom stereocenters. The van der Waals surface area contributed by atoms with Crippen molar-refractivity contribution in [2.75, 3.05) is 10.6 Å². The Hall–Kier alpha value is -2.82. The van der Waals surface area contributed by atoms with Crippen LogP contribution in [0, 0.1) is 0 Å². The number of nitrogens with one attached hydrogen (secondary N) is 3. The molecule has 5 nitrogen and oxygen atoms in total. The zero-order valence-electron chi connectivity index (χ0n) is 14.1. The van der Waals surface area contributed by atoms with Gasteiger partial charge in [0.05, 0.1) is 18.3 Å². The molecule has 1 amide bonds. The van der Waals surface area contributed by atoms with E-state index in [4.69, 9.17) is 0 Å². The maximum absolute atomic E-state index is 12.3. The number of rotatable bonds is 5. The van der Waals surface area contributed by atoms with E-state index in [2.05, 4.69) is 20.6 Å². The predicted molar refractivity (Wildman–Crippen MR) is 101 cm³/mol. The third-order valence-electron chi connectivity index (χ3n) is 4.78. The van der Waals surface area contributed by atoms with Crippen LogP contribution in [-0.2, 0) is 11.2 Å². The number of nitrogens with zero attached hydrogens (tertiary/aromatic N) is 1. The topological polar surface area (TPSA) is 69.8 Å². The minimum absolute atomic E-state index is 0.0613. The average molecular weight is 334 g/mol. The third kappa shape index (κ3) is 3.65. The number of H-pyrrole nitrogens is 1. The molecule has 1 fully saturated rings. The van der Waals surface area contributed by atoms with Gasteiger partial charge in [0, 0.05) is 23.1 Å². The van der Waals surface area contributed by atoms with E-state index in [-0.39, 0.29) is 5.91 Å². The van der Waals surface area contributed by atoms with Gasteiger partial charge >= 0.3 is 0 Å². The number of aromatic nitrogens is 2. The van der Waals surface area contributed by atoms with Crippen molar-refractivity contribution in [3.8, 4) is 0 Å². The van der Waals surface area contributed by atoms with E-state index in [0.29, 0.717) is 18.3 Å². The molecule has 0 spiro atoms. The molecular weight excluding hydrogens is 312 g/mol. The van der Waals surface area contributed by atoms with Crippen LogP contribution in [0.4, 0.5) is 11.5 Å². The second-order valence-electron chi connectivity index (χ2n) is 6.64. The Labute approximate surface area is 146 Å². The maximum atomic E-state index is 12.3. The normalized spacial score (nSPS) is 14.7. The first-order chi connectivity index (χ1) is 12.3. The highest BCUT2D eigenvalue weighted by atomic mass is 16.1. The van der Waals surface area contributed by atoms with Gasteiger partial charge in [0.15, 0.2) is 0 Å². The van der Waals surface area contributed by atoms with Crippen molar-refractivity contribution in [1.82, 2.24) is 9.97 Å². The largest absolute Gasteiger partial charge is 0.381 e. The lowest BCUT2D eigenvalue weighted by atomic mass is 10.1. The van der Waals surface area contributed by atoms with Crippen LogP contribution in [0.2, 0.25) is 0 Å². The van der Waals surface area contributed by atoms with Crippen LogP contribution in [0.1, 0.15) is 31.2 Å². The Morgan fingerprint density at radius 3 is 2.80 bits per heavy atom. The second kappa shape index (κ2) is 6.97. The summed E-state index contributed by atoms with van der Waals surface area (Å²) in [5.74, 6) is 0.524. The van der Waals surface area contributed by atoms with Gasteiger partial charge in [-0.25, -0.2) is 4.98 Å². The molecule has 1 aromatic carbocycles. The molecule has 5 heteroatoms. The van der Waals surface area contributed by atoms with Crippen LogP contribution in [0.25, 0.3) is 10.9 Å². The minimum Gasteiger partial charge on any atom is -0.381 e. The number of anilines is 2. The Morgan fingerprint density at radius 2 is 2.00 bits per heavy atom. The molecule has 0 saturated heterocycles. The third-order valence-corrected chi connectivity index (χ3v) is 4.78. The molecule has 0 radical (unpaired) electrons. The summed E-state index contributed by atoms with van der Waals surface area (Å²) in [6, 6.07) is 12.4. The van der Waals surface area contributed by atoms with E-state index < -0.39 is 0 Å². The Kier molecular flexibility index (Phi) is 4.37. The maximum Gasteiger partial charge on any atom is 0.230 e. The molecular formula is C20H22N4O. The highest BCUT2D eigenvalue weighted by Crippen LogP contribution is 2.22. The number of amides is 1. The quantitative estimate of drug-likeness (QED) is 0.658. The van der Waals surface area contributed by atoms with Gasteiger partial charge in [0.2, 0.25) is 5.91 Å². The number of pyridine rings is 1. The Bertz CT molecular complexity index is 863. The van der Waals surface area contributed by atoms with E-state index in [0.717, 1.165) is 22.2 Å². The van der Waals surface area contributed by atoms with Crippen molar-refractivity contribution >= 4 is 28.3 Å². The number of hydrogen-bond donors (Lipinski definition) is 3. The van der Waals surface area contributed by atoms with Gasteiger partial charge in [-0.3, -0.25) is 4.79 Å². The standard InChI is InChI=1S/C20H22N4O/c25-20(11-14-12-21-18-8-4-3-7-17(14)18)24-19-10-9-16(13-22-19)23-15-5-1-2-6-15/h3-4,7-10,12-13,15,21,23H,1-2,5-6,11H2,(H,22,24,25). The molecule has 25 heavy (non-hydrogen) atoms. The van der Waals surface area contributed by atoms with E-state index in [1.54, 1.807) is 6.20 Å². The fraction of sp³-hybridized carbons (Fsp3) is 0.300. The van der Waals surface area contributed by atoms with Crippen LogP contribution < -0.4 is 10.6 Å². The number of hydrogen-bond acceptors (Lipinski definition) is 3. The molecule has 128 valence electrons. The number of benzene rings is 1. The van der Waals surface area contributed by atoms with Crippen LogP contribution in [0.5, 0.6) is 0 Å². The number of carbonyl (C=O) groups excluding carboxylic acids is 1. The molecule has 0 aliphatic heterocycles. The SMILES string of the molecule is O=C(Cc1c[nH]c2ccccc12)Nc1ccc(NC2CCCC2)cn1. The lowest BCUT2D eigenvalue weighted by Gasteiger charge is -2.13. The first-order valence-electron chi connectivity index (χ1n) is 8.85. The van der Waals surface area contributed by atoms with Crippen molar-refractivity contribution < 1.29 is 4.79 Å². The van der Waals surface area contributed by atoms with Crippen molar-refractivity contribution in [3.63, 3.8) is 0 Å². The number of para-hydroxylation sites is 1. The number of aromatic amines is 1. The van der Waals surface area contributed by atoms with Crippen LogP contribution in [0.3, 0.4) is 0 Å². The van der Waals surface area contributed by atoms with E-state index in [9.17, 15) is 4.79 Å². The summed E-state index contributed by atoms with van der Waals surface area (Å²) in [6.07, 6.45) is 9.06. The smallest absolute Gasteiger partial charge is 0.230 e. The highest BCUT2D eigenvalue weighted by molar-refractivity contribution is 5.95. The summed E-state index contributed by atoms with van der Waals surface area (Å²) in [7, 11) is 0. The van der Waals surface area contributed by atoms with Gasteiger partial charge in [-0.15, -0.1) is 0 Å². The molecule has 3 aromatic rings. The minimum atomic E-state index is -0.0613.